The zero-order valence-corrected chi connectivity index (χ0v) is 12.7. The van der Waals surface area contributed by atoms with Crippen molar-refractivity contribution in [2.45, 2.75) is 0 Å². The lowest BCUT2D eigenvalue weighted by molar-refractivity contribution is 0.468. The van der Waals surface area contributed by atoms with Crippen LogP contribution < -0.4 is 4.74 Å². The molecule has 5 nitrogen and oxygen atoms in total. The molecule has 0 aliphatic rings. The smallest absolute Gasteiger partial charge is 0.233 e. The maximum absolute atomic E-state index is 5.93. The molecule has 2 aromatic carbocycles. The Labute approximate surface area is 137 Å². The number of fused-ring (bicyclic) bond motifs is 1. The summed E-state index contributed by atoms with van der Waals surface area (Å²) in [7, 11) is 0. The standard InChI is InChI=1S/C17H11ClN4O/c18-12-6-8-13(9-7-12)22-16-15(10-21-22)17(20-11-19-16)23-14-4-2-1-3-5-14/h1-11H. The predicted molar refractivity (Wildman–Crippen MR) is 88.2 cm³/mol. The van der Waals surface area contributed by atoms with E-state index in [2.05, 4.69) is 15.1 Å². The molecule has 0 atom stereocenters. The largest absolute Gasteiger partial charge is 0.438 e. The minimum absolute atomic E-state index is 0.474. The van der Waals surface area contributed by atoms with E-state index < -0.39 is 0 Å². The average molecular weight is 323 g/mol. The Bertz CT molecular complexity index is 951. The van der Waals surface area contributed by atoms with Crippen molar-refractivity contribution in [3.63, 3.8) is 0 Å². The second kappa shape index (κ2) is 5.70. The van der Waals surface area contributed by atoms with E-state index >= 15 is 0 Å². The normalized spacial score (nSPS) is 10.8. The molecule has 23 heavy (non-hydrogen) atoms. The van der Waals surface area contributed by atoms with E-state index in [1.54, 1.807) is 10.9 Å². The maximum Gasteiger partial charge on any atom is 0.233 e. The number of rotatable bonds is 3. The Balaban J connectivity index is 1.79. The van der Waals surface area contributed by atoms with Gasteiger partial charge in [-0.15, -0.1) is 0 Å². The maximum atomic E-state index is 5.93. The van der Waals surface area contributed by atoms with Crippen molar-refractivity contribution in [3.8, 4) is 17.3 Å². The first-order chi connectivity index (χ1) is 11.3. The molecule has 0 radical (unpaired) electrons. The van der Waals surface area contributed by atoms with E-state index in [4.69, 9.17) is 16.3 Å². The lowest BCUT2D eigenvalue weighted by atomic mass is 10.3. The summed E-state index contributed by atoms with van der Waals surface area (Å²) in [6.45, 7) is 0. The number of hydrogen-bond acceptors (Lipinski definition) is 4. The lowest BCUT2D eigenvalue weighted by Crippen LogP contribution is -1.98. The van der Waals surface area contributed by atoms with Crippen LogP contribution in [0.2, 0.25) is 5.02 Å². The number of halogens is 1. The van der Waals surface area contributed by atoms with Gasteiger partial charge in [-0.05, 0) is 36.4 Å². The predicted octanol–water partition coefficient (Wildman–Crippen LogP) is 4.26. The highest BCUT2D eigenvalue weighted by atomic mass is 35.5. The Hall–Kier alpha value is -2.92. The molecular formula is C17H11ClN4O. The summed E-state index contributed by atoms with van der Waals surface area (Å²) in [5.74, 6) is 1.19. The second-order valence-electron chi connectivity index (χ2n) is 4.86. The fourth-order valence-electron chi connectivity index (χ4n) is 2.28. The van der Waals surface area contributed by atoms with Gasteiger partial charge in [-0.2, -0.15) is 5.10 Å². The highest BCUT2D eigenvalue weighted by molar-refractivity contribution is 6.30. The molecule has 4 aromatic rings. The molecule has 0 aliphatic heterocycles. The summed E-state index contributed by atoms with van der Waals surface area (Å²) in [5.41, 5.74) is 1.54. The van der Waals surface area contributed by atoms with Gasteiger partial charge in [-0.1, -0.05) is 29.8 Å². The zero-order chi connectivity index (χ0) is 15.6. The van der Waals surface area contributed by atoms with Crippen LogP contribution in [-0.2, 0) is 0 Å². The monoisotopic (exact) mass is 322 g/mol. The first-order valence-electron chi connectivity index (χ1n) is 6.99. The van der Waals surface area contributed by atoms with Gasteiger partial charge in [0.25, 0.3) is 0 Å². The number of ether oxygens (including phenoxy) is 1. The van der Waals surface area contributed by atoms with Crippen LogP contribution in [-0.4, -0.2) is 19.7 Å². The summed E-state index contributed by atoms with van der Waals surface area (Å²) < 4.78 is 7.56. The second-order valence-corrected chi connectivity index (χ2v) is 5.30. The van der Waals surface area contributed by atoms with Crippen molar-refractivity contribution < 1.29 is 4.74 Å². The van der Waals surface area contributed by atoms with Gasteiger partial charge in [0.2, 0.25) is 5.88 Å². The number of nitrogens with zero attached hydrogens (tertiary/aromatic N) is 4. The molecule has 0 bridgehead atoms. The van der Waals surface area contributed by atoms with Crippen LogP contribution >= 0.6 is 11.6 Å². The number of hydrogen-bond donors (Lipinski definition) is 0. The van der Waals surface area contributed by atoms with Gasteiger partial charge in [0.05, 0.1) is 11.9 Å². The number of benzene rings is 2. The molecule has 112 valence electrons. The molecule has 0 saturated heterocycles. The summed E-state index contributed by atoms with van der Waals surface area (Å²) >= 11 is 5.93. The molecule has 0 fully saturated rings. The van der Waals surface area contributed by atoms with Gasteiger partial charge in [-0.3, -0.25) is 0 Å². The van der Waals surface area contributed by atoms with E-state index in [-0.39, 0.29) is 0 Å². The zero-order valence-electron chi connectivity index (χ0n) is 11.9. The van der Waals surface area contributed by atoms with Crippen molar-refractivity contribution in [1.82, 2.24) is 19.7 Å². The third-order valence-corrected chi connectivity index (χ3v) is 3.61. The molecule has 0 amide bonds. The first-order valence-corrected chi connectivity index (χ1v) is 7.36. The van der Waals surface area contributed by atoms with Crippen molar-refractivity contribution in [3.05, 3.63) is 72.1 Å². The van der Waals surface area contributed by atoms with Crippen molar-refractivity contribution in [1.29, 1.82) is 0 Å². The van der Waals surface area contributed by atoms with Crippen LogP contribution in [0.4, 0.5) is 0 Å². The molecule has 4 rings (SSSR count). The van der Waals surface area contributed by atoms with E-state index in [9.17, 15) is 0 Å². The Kier molecular flexibility index (Phi) is 3.40. The summed E-state index contributed by atoms with van der Waals surface area (Å²) in [6, 6.07) is 16.9. The van der Waals surface area contributed by atoms with Crippen LogP contribution in [0.3, 0.4) is 0 Å². The van der Waals surface area contributed by atoms with Crippen LogP contribution in [0.15, 0.2) is 67.1 Å². The molecule has 2 aromatic heterocycles. The van der Waals surface area contributed by atoms with E-state index in [1.165, 1.54) is 6.33 Å². The fraction of sp³-hybridized carbons (Fsp3) is 0. The van der Waals surface area contributed by atoms with E-state index in [1.807, 2.05) is 54.6 Å². The molecule has 0 aliphatic carbocycles. The Morgan fingerprint density at radius 3 is 2.48 bits per heavy atom. The SMILES string of the molecule is Clc1ccc(-n2ncc3c(Oc4ccccc4)ncnc32)cc1. The molecule has 0 unspecified atom stereocenters. The molecule has 2 heterocycles. The highest BCUT2D eigenvalue weighted by Crippen LogP contribution is 2.27. The molecule has 0 N–H and O–H groups in total. The van der Waals surface area contributed by atoms with Gasteiger partial charge in [0.1, 0.15) is 17.5 Å². The topological polar surface area (TPSA) is 52.8 Å². The van der Waals surface area contributed by atoms with Crippen molar-refractivity contribution >= 4 is 22.6 Å². The summed E-state index contributed by atoms with van der Waals surface area (Å²) in [5, 5.41) is 5.80. The quantitative estimate of drug-likeness (QED) is 0.565. The summed E-state index contributed by atoms with van der Waals surface area (Å²) in [6.07, 6.45) is 3.16. The lowest BCUT2D eigenvalue weighted by Gasteiger charge is -2.06. The van der Waals surface area contributed by atoms with Gasteiger partial charge in [-0.25, -0.2) is 14.6 Å². The van der Waals surface area contributed by atoms with Crippen LogP contribution in [0.25, 0.3) is 16.7 Å². The summed E-state index contributed by atoms with van der Waals surface area (Å²) in [4.78, 5) is 8.53. The van der Waals surface area contributed by atoms with Gasteiger partial charge >= 0.3 is 0 Å². The van der Waals surface area contributed by atoms with Crippen LogP contribution in [0.1, 0.15) is 0 Å². The fourth-order valence-corrected chi connectivity index (χ4v) is 2.40. The van der Waals surface area contributed by atoms with E-state index in [0.717, 1.165) is 11.1 Å². The van der Waals surface area contributed by atoms with Gasteiger partial charge in [0.15, 0.2) is 5.65 Å². The molecule has 6 heteroatoms. The van der Waals surface area contributed by atoms with Crippen LogP contribution in [0, 0.1) is 0 Å². The van der Waals surface area contributed by atoms with Crippen LogP contribution in [0.5, 0.6) is 11.6 Å². The molecule has 0 saturated carbocycles. The number of para-hydroxylation sites is 1. The van der Waals surface area contributed by atoms with Crippen molar-refractivity contribution in [2.24, 2.45) is 0 Å². The third-order valence-electron chi connectivity index (χ3n) is 3.36. The minimum atomic E-state index is 0.474. The Morgan fingerprint density at radius 2 is 1.70 bits per heavy atom. The first kappa shape index (κ1) is 13.7. The van der Waals surface area contributed by atoms with Crippen molar-refractivity contribution in [2.75, 3.05) is 0 Å². The number of aromatic nitrogens is 4. The molecular weight excluding hydrogens is 312 g/mol. The Morgan fingerprint density at radius 1 is 0.913 bits per heavy atom. The average Bonchev–Trinajstić information content (AvgIpc) is 3.02. The van der Waals surface area contributed by atoms with Gasteiger partial charge in [0, 0.05) is 5.02 Å². The minimum Gasteiger partial charge on any atom is -0.438 e. The third kappa shape index (κ3) is 2.62. The molecule has 0 spiro atoms. The van der Waals surface area contributed by atoms with E-state index in [0.29, 0.717) is 22.3 Å². The van der Waals surface area contributed by atoms with Gasteiger partial charge < -0.3 is 4.74 Å². The highest BCUT2D eigenvalue weighted by Gasteiger charge is 2.12.